The fourth-order valence-corrected chi connectivity index (χ4v) is 2.75. The number of hydrogen-bond acceptors (Lipinski definition) is 3. The Bertz CT molecular complexity index is 705. The highest BCUT2D eigenvalue weighted by Crippen LogP contribution is 2.16. The normalized spacial score (nSPS) is 14.0. The molecule has 0 aliphatic rings. The zero-order valence-corrected chi connectivity index (χ0v) is 13.4. The number of aromatic nitrogens is 2. The van der Waals surface area contributed by atoms with Gasteiger partial charge >= 0.3 is 0 Å². The Labute approximate surface area is 136 Å². The van der Waals surface area contributed by atoms with Crippen LogP contribution in [0.25, 0.3) is 10.9 Å². The van der Waals surface area contributed by atoms with E-state index in [1.165, 1.54) is 16.6 Å². The number of H-pyrrole nitrogens is 1. The quantitative estimate of drug-likeness (QED) is 0.628. The van der Waals surface area contributed by atoms with Gasteiger partial charge < -0.3 is 15.4 Å². The third kappa shape index (κ3) is 4.18. The van der Waals surface area contributed by atoms with Gasteiger partial charge in [0.1, 0.15) is 0 Å². The van der Waals surface area contributed by atoms with E-state index in [2.05, 4.69) is 46.5 Å². The zero-order chi connectivity index (χ0) is 16.1. The Kier molecular flexibility index (Phi) is 5.05. The first kappa shape index (κ1) is 15.7. The van der Waals surface area contributed by atoms with E-state index in [-0.39, 0.29) is 0 Å². The maximum Gasteiger partial charge on any atom is 0.0929 e. The molecular weight excluding hydrogens is 286 g/mol. The van der Waals surface area contributed by atoms with Gasteiger partial charge in [-0.1, -0.05) is 24.3 Å². The Hall–Kier alpha value is -2.17. The average molecular weight is 309 g/mol. The second-order valence-electron chi connectivity index (χ2n) is 6.03. The monoisotopic (exact) mass is 309 g/mol. The Morgan fingerprint density at radius 2 is 2.09 bits per heavy atom. The first-order valence-corrected chi connectivity index (χ1v) is 8.10. The molecule has 2 aromatic heterocycles. The molecule has 0 amide bonds. The van der Waals surface area contributed by atoms with Crippen LogP contribution >= 0.6 is 0 Å². The molecule has 0 aliphatic heterocycles. The van der Waals surface area contributed by atoms with Crippen LogP contribution in [0, 0.1) is 0 Å². The van der Waals surface area contributed by atoms with Crippen molar-refractivity contribution in [2.24, 2.45) is 0 Å². The number of aliphatic hydroxyl groups is 1. The number of para-hydroxylation sites is 1. The molecule has 3 aromatic rings. The minimum atomic E-state index is -0.515. The Morgan fingerprint density at radius 1 is 1.22 bits per heavy atom. The van der Waals surface area contributed by atoms with Crippen molar-refractivity contribution in [2.45, 2.75) is 31.9 Å². The van der Waals surface area contributed by atoms with E-state index in [0.29, 0.717) is 12.6 Å². The van der Waals surface area contributed by atoms with Crippen molar-refractivity contribution in [3.63, 3.8) is 0 Å². The van der Waals surface area contributed by atoms with Crippen LogP contribution in [0.2, 0.25) is 0 Å². The van der Waals surface area contributed by atoms with Crippen molar-refractivity contribution in [1.29, 1.82) is 0 Å². The number of hydrogen-bond donors (Lipinski definition) is 3. The van der Waals surface area contributed by atoms with E-state index in [0.717, 1.165) is 18.4 Å². The summed E-state index contributed by atoms with van der Waals surface area (Å²) in [5, 5.41) is 14.8. The largest absolute Gasteiger partial charge is 0.387 e. The highest BCUT2D eigenvalue weighted by atomic mass is 16.3. The summed E-state index contributed by atoms with van der Waals surface area (Å²) in [6, 6.07) is 14.6. The summed E-state index contributed by atoms with van der Waals surface area (Å²) in [6.07, 6.45) is 4.92. The van der Waals surface area contributed by atoms with Gasteiger partial charge in [0, 0.05) is 41.8 Å². The third-order valence-corrected chi connectivity index (χ3v) is 4.16. The maximum atomic E-state index is 10.1. The number of nitrogens with one attached hydrogen (secondary N) is 2. The lowest BCUT2D eigenvalue weighted by Gasteiger charge is -2.17. The maximum absolute atomic E-state index is 10.1. The van der Waals surface area contributed by atoms with Crippen LogP contribution in [-0.4, -0.2) is 27.7 Å². The topological polar surface area (TPSA) is 60.9 Å². The first-order chi connectivity index (χ1) is 11.2. The molecule has 120 valence electrons. The van der Waals surface area contributed by atoms with Crippen LogP contribution < -0.4 is 5.32 Å². The predicted molar refractivity (Wildman–Crippen MR) is 93.3 cm³/mol. The van der Waals surface area contributed by atoms with Gasteiger partial charge in [-0.05, 0) is 43.4 Å². The molecule has 2 unspecified atom stereocenters. The number of aromatic amines is 1. The number of aliphatic hydroxyl groups excluding tert-OH is 1. The Morgan fingerprint density at radius 3 is 2.87 bits per heavy atom. The number of benzene rings is 1. The van der Waals surface area contributed by atoms with Crippen molar-refractivity contribution >= 4 is 10.9 Å². The molecule has 3 N–H and O–H groups in total. The standard InChI is InChI=1S/C19H23N3O/c1-14(21-13-19(23)16-6-4-10-20-12-16)8-9-17-11-15-5-2-3-7-18(15)22-17/h2-7,10-12,14,19,21-23H,8-9,13H2,1H3. The second kappa shape index (κ2) is 7.40. The fraction of sp³-hybridized carbons (Fsp3) is 0.316. The van der Waals surface area contributed by atoms with Crippen molar-refractivity contribution < 1.29 is 5.11 Å². The summed E-state index contributed by atoms with van der Waals surface area (Å²) in [5.41, 5.74) is 3.30. The lowest BCUT2D eigenvalue weighted by Crippen LogP contribution is -2.30. The molecule has 23 heavy (non-hydrogen) atoms. The van der Waals surface area contributed by atoms with Crippen LogP contribution in [0.1, 0.15) is 30.7 Å². The van der Waals surface area contributed by atoms with Gasteiger partial charge in [0.25, 0.3) is 0 Å². The molecule has 4 nitrogen and oxygen atoms in total. The van der Waals surface area contributed by atoms with Crippen LogP contribution in [-0.2, 0) is 6.42 Å². The molecule has 3 rings (SSSR count). The molecule has 0 bridgehead atoms. The molecule has 0 saturated heterocycles. The van der Waals surface area contributed by atoms with Crippen molar-refractivity contribution in [1.82, 2.24) is 15.3 Å². The molecule has 1 aromatic carbocycles. The van der Waals surface area contributed by atoms with Gasteiger partial charge in [0.05, 0.1) is 6.10 Å². The Balaban J connectivity index is 1.47. The van der Waals surface area contributed by atoms with Gasteiger partial charge in [-0.2, -0.15) is 0 Å². The zero-order valence-electron chi connectivity index (χ0n) is 13.4. The third-order valence-electron chi connectivity index (χ3n) is 4.16. The minimum Gasteiger partial charge on any atom is -0.387 e. The number of pyridine rings is 1. The summed E-state index contributed by atoms with van der Waals surface area (Å²) >= 11 is 0. The molecule has 4 heteroatoms. The van der Waals surface area contributed by atoms with Crippen LogP contribution in [0.3, 0.4) is 0 Å². The van der Waals surface area contributed by atoms with Crippen LogP contribution in [0.4, 0.5) is 0 Å². The SMILES string of the molecule is CC(CCc1cc2ccccc2[nH]1)NCC(O)c1cccnc1. The van der Waals surface area contributed by atoms with E-state index in [1.807, 2.05) is 18.2 Å². The molecule has 0 spiro atoms. The number of aryl methyl sites for hydroxylation is 1. The average Bonchev–Trinajstić information content (AvgIpc) is 3.01. The van der Waals surface area contributed by atoms with E-state index in [4.69, 9.17) is 0 Å². The molecule has 0 saturated carbocycles. The summed E-state index contributed by atoms with van der Waals surface area (Å²) in [4.78, 5) is 7.49. The van der Waals surface area contributed by atoms with Crippen molar-refractivity contribution in [3.05, 3.63) is 66.1 Å². The summed E-state index contributed by atoms with van der Waals surface area (Å²) in [7, 11) is 0. The summed E-state index contributed by atoms with van der Waals surface area (Å²) in [5.74, 6) is 0. The van der Waals surface area contributed by atoms with E-state index in [1.54, 1.807) is 12.4 Å². The number of nitrogens with zero attached hydrogens (tertiary/aromatic N) is 1. The highest BCUT2D eigenvalue weighted by molar-refractivity contribution is 5.80. The molecule has 0 radical (unpaired) electrons. The predicted octanol–water partition coefficient (Wildman–Crippen LogP) is 3.21. The van der Waals surface area contributed by atoms with Gasteiger partial charge in [-0.15, -0.1) is 0 Å². The lowest BCUT2D eigenvalue weighted by molar-refractivity contribution is 0.169. The number of fused-ring (bicyclic) bond motifs is 1. The highest BCUT2D eigenvalue weighted by Gasteiger charge is 2.10. The van der Waals surface area contributed by atoms with E-state index >= 15 is 0 Å². The molecular formula is C19H23N3O. The van der Waals surface area contributed by atoms with Crippen LogP contribution in [0.15, 0.2) is 54.9 Å². The first-order valence-electron chi connectivity index (χ1n) is 8.10. The molecule has 2 atom stereocenters. The molecule has 0 fully saturated rings. The van der Waals surface area contributed by atoms with Gasteiger partial charge in [0.15, 0.2) is 0 Å². The van der Waals surface area contributed by atoms with E-state index < -0.39 is 6.10 Å². The minimum absolute atomic E-state index is 0.340. The number of rotatable bonds is 7. The smallest absolute Gasteiger partial charge is 0.0929 e. The van der Waals surface area contributed by atoms with Gasteiger partial charge in [-0.3, -0.25) is 4.98 Å². The molecule has 2 heterocycles. The fourth-order valence-electron chi connectivity index (χ4n) is 2.75. The lowest BCUT2D eigenvalue weighted by atomic mass is 10.1. The van der Waals surface area contributed by atoms with Crippen molar-refractivity contribution in [2.75, 3.05) is 6.54 Å². The molecule has 0 aliphatic carbocycles. The van der Waals surface area contributed by atoms with Crippen molar-refractivity contribution in [3.8, 4) is 0 Å². The second-order valence-corrected chi connectivity index (χ2v) is 6.03. The van der Waals surface area contributed by atoms with Gasteiger partial charge in [-0.25, -0.2) is 0 Å². The summed E-state index contributed by atoms with van der Waals surface area (Å²) < 4.78 is 0. The summed E-state index contributed by atoms with van der Waals surface area (Å²) in [6.45, 7) is 2.69. The van der Waals surface area contributed by atoms with Gasteiger partial charge in [0.2, 0.25) is 0 Å². The van der Waals surface area contributed by atoms with Crippen LogP contribution in [0.5, 0.6) is 0 Å². The van der Waals surface area contributed by atoms with E-state index in [9.17, 15) is 5.11 Å².